The lowest BCUT2D eigenvalue weighted by Crippen LogP contribution is -2.43. The molecule has 7 heteroatoms. The van der Waals surface area contributed by atoms with Gasteiger partial charge < -0.3 is 16.0 Å². The molecular weight excluding hydrogens is 387 g/mol. The zero-order valence-corrected chi connectivity index (χ0v) is 15.1. The Morgan fingerprint density at radius 2 is 2.10 bits per heavy atom. The van der Waals surface area contributed by atoms with Gasteiger partial charge in [0.2, 0.25) is 5.91 Å². The van der Waals surface area contributed by atoms with Crippen LogP contribution in [0.15, 0.2) is 21.8 Å². The molecule has 20 heavy (non-hydrogen) atoms. The lowest BCUT2D eigenvalue weighted by atomic mass is 10.3. The highest BCUT2D eigenvalue weighted by Crippen LogP contribution is 2.06. The minimum atomic E-state index is -0.0111. The van der Waals surface area contributed by atoms with Crippen molar-refractivity contribution in [2.24, 2.45) is 4.99 Å². The van der Waals surface area contributed by atoms with Crippen molar-refractivity contribution in [2.75, 3.05) is 19.6 Å². The van der Waals surface area contributed by atoms with E-state index in [0.29, 0.717) is 19.0 Å². The first-order valence-electron chi connectivity index (χ1n) is 6.56. The number of guanidine groups is 1. The van der Waals surface area contributed by atoms with E-state index < -0.39 is 0 Å². The maximum Gasteiger partial charge on any atom is 0.239 e. The second kappa shape index (κ2) is 12.0. The topological polar surface area (TPSA) is 65.5 Å². The van der Waals surface area contributed by atoms with Crippen LogP contribution in [0.4, 0.5) is 0 Å². The molecule has 1 aromatic heterocycles. The summed E-state index contributed by atoms with van der Waals surface area (Å²) in [6, 6.07) is 2.05. The normalized spacial score (nSPS) is 10.6. The largest absolute Gasteiger partial charge is 0.357 e. The molecule has 3 N–H and O–H groups in total. The summed E-state index contributed by atoms with van der Waals surface area (Å²) in [5, 5.41) is 13.1. The number of nitrogens with zero attached hydrogens (tertiary/aromatic N) is 1. The van der Waals surface area contributed by atoms with Crippen LogP contribution in [0.3, 0.4) is 0 Å². The van der Waals surface area contributed by atoms with Gasteiger partial charge in [0.05, 0.1) is 13.1 Å². The lowest BCUT2D eigenvalue weighted by Gasteiger charge is -2.11. The molecule has 0 aliphatic heterocycles. The van der Waals surface area contributed by atoms with Gasteiger partial charge in [-0.15, -0.1) is 24.0 Å². The third-order valence-corrected chi connectivity index (χ3v) is 3.06. The third-order valence-electron chi connectivity index (χ3n) is 2.33. The second-order valence-electron chi connectivity index (χ2n) is 4.03. The average molecular weight is 410 g/mol. The first kappa shape index (κ1) is 19.2. The Hall–Kier alpha value is -0.830. The van der Waals surface area contributed by atoms with E-state index in [-0.39, 0.29) is 36.4 Å². The summed E-state index contributed by atoms with van der Waals surface area (Å²) >= 11 is 1.66. The molecule has 114 valence electrons. The monoisotopic (exact) mass is 410 g/mol. The molecule has 0 unspecified atom stereocenters. The third kappa shape index (κ3) is 8.36. The number of halogens is 1. The fourth-order valence-electron chi connectivity index (χ4n) is 1.39. The molecule has 0 saturated heterocycles. The van der Waals surface area contributed by atoms with Crippen molar-refractivity contribution in [3.63, 3.8) is 0 Å². The van der Waals surface area contributed by atoms with Gasteiger partial charge in [0, 0.05) is 13.1 Å². The van der Waals surface area contributed by atoms with Crippen LogP contribution in [-0.4, -0.2) is 31.5 Å². The van der Waals surface area contributed by atoms with Gasteiger partial charge in [-0.25, -0.2) is 4.99 Å². The zero-order chi connectivity index (χ0) is 13.9. The van der Waals surface area contributed by atoms with Crippen molar-refractivity contribution in [1.82, 2.24) is 16.0 Å². The molecule has 0 bridgehead atoms. The number of hydrogen-bond donors (Lipinski definition) is 3. The first-order valence-corrected chi connectivity index (χ1v) is 7.50. The quantitative estimate of drug-likeness (QED) is 0.366. The van der Waals surface area contributed by atoms with E-state index in [1.165, 1.54) is 5.56 Å². The summed E-state index contributed by atoms with van der Waals surface area (Å²) in [6.45, 7) is 6.37. The minimum absolute atomic E-state index is 0. The smallest absolute Gasteiger partial charge is 0.239 e. The van der Waals surface area contributed by atoms with Gasteiger partial charge in [-0.1, -0.05) is 6.92 Å². The van der Waals surface area contributed by atoms with Gasteiger partial charge >= 0.3 is 0 Å². The van der Waals surface area contributed by atoms with Gasteiger partial charge in [-0.3, -0.25) is 4.79 Å². The summed E-state index contributed by atoms with van der Waals surface area (Å²) in [4.78, 5) is 15.9. The standard InChI is InChI=1S/C13H22N4OS.HI/c1-3-6-15-12(18)9-17-13(14-4-2)16-8-11-5-7-19-10-11;/h5,7,10H,3-4,6,8-9H2,1-2H3,(H,15,18)(H2,14,16,17);1H. The molecule has 0 atom stereocenters. The molecule has 0 aromatic carbocycles. The van der Waals surface area contributed by atoms with Crippen LogP contribution in [-0.2, 0) is 11.3 Å². The van der Waals surface area contributed by atoms with Crippen molar-refractivity contribution in [3.05, 3.63) is 22.4 Å². The van der Waals surface area contributed by atoms with Crippen LogP contribution < -0.4 is 16.0 Å². The van der Waals surface area contributed by atoms with Gasteiger partial charge in [-0.2, -0.15) is 11.3 Å². The number of rotatable bonds is 7. The SMILES string of the molecule is CCCNC(=O)CNC(=NCc1ccsc1)NCC.I. The van der Waals surface area contributed by atoms with Crippen LogP contribution in [0.5, 0.6) is 0 Å². The molecule has 0 radical (unpaired) electrons. The Balaban J connectivity index is 0.00000361. The van der Waals surface area contributed by atoms with E-state index in [1.807, 2.05) is 25.3 Å². The van der Waals surface area contributed by atoms with Crippen LogP contribution in [0.2, 0.25) is 0 Å². The number of hydrogen-bond acceptors (Lipinski definition) is 3. The van der Waals surface area contributed by atoms with E-state index in [4.69, 9.17) is 0 Å². The maximum absolute atomic E-state index is 11.5. The number of aliphatic imine (C=N–C) groups is 1. The van der Waals surface area contributed by atoms with Crippen LogP contribution >= 0.6 is 35.3 Å². The Labute approximate surface area is 141 Å². The molecule has 0 aliphatic rings. The lowest BCUT2D eigenvalue weighted by molar-refractivity contribution is -0.120. The van der Waals surface area contributed by atoms with E-state index in [2.05, 4.69) is 26.3 Å². The Morgan fingerprint density at radius 3 is 2.70 bits per heavy atom. The predicted molar refractivity (Wildman–Crippen MR) is 95.9 cm³/mol. The average Bonchev–Trinajstić information content (AvgIpc) is 2.92. The van der Waals surface area contributed by atoms with Crippen molar-refractivity contribution >= 4 is 47.2 Å². The zero-order valence-electron chi connectivity index (χ0n) is 11.9. The molecular formula is C13H23IN4OS. The van der Waals surface area contributed by atoms with E-state index in [0.717, 1.165) is 13.0 Å². The number of thiophene rings is 1. The summed E-state index contributed by atoms with van der Waals surface area (Å²) in [5.74, 6) is 0.656. The van der Waals surface area contributed by atoms with Crippen molar-refractivity contribution in [3.8, 4) is 0 Å². The molecule has 0 fully saturated rings. The molecule has 5 nitrogen and oxygen atoms in total. The van der Waals surface area contributed by atoms with Crippen molar-refractivity contribution < 1.29 is 4.79 Å². The summed E-state index contributed by atoms with van der Waals surface area (Å²) in [5.41, 5.74) is 1.18. The van der Waals surface area contributed by atoms with Gasteiger partial charge in [0.1, 0.15) is 0 Å². The van der Waals surface area contributed by atoms with Crippen molar-refractivity contribution in [1.29, 1.82) is 0 Å². The van der Waals surface area contributed by atoms with Gasteiger partial charge in [-0.05, 0) is 35.7 Å². The molecule has 0 aliphatic carbocycles. The van der Waals surface area contributed by atoms with Crippen LogP contribution in [0.1, 0.15) is 25.8 Å². The highest BCUT2D eigenvalue weighted by Gasteiger charge is 2.02. The molecule has 1 heterocycles. The Kier molecular flexibility index (Phi) is 11.5. The van der Waals surface area contributed by atoms with E-state index in [9.17, 15) is 4.79 Å². The molecule has 1 rings (SSSR count). The highest BCUT2D eigenvalue weighted by molar-refractivity contribution is 14.0. The Morgan fingerprint density at radius 1 is 1.30 bits per heavy atom. The highest BCUT2D eigenvalue weighted by atomic mass is 127. The van der Waals surface area contributed by atoms with Gasteiger partial charge in [0.15, 0.2) is 5.96 Å². The van der Waals surface area contributed by atoms with E-state index >= 15 is 0 Å². The fourth-order valence-corrected chi connectivity index (χ4v) is 2.05. The predicted octanol–water partition coefficient (Wildman–Crippen LogP) is 1.95. The Bertz CT molecular complexity index is 395. The minimum Gasteiger partial charge on any atom is -0.357 e. The number of nitrogens with one attached hydrogen (secondary N) is 3. The van der Waals surface area contributed by atoms with E-state index in [1.54, 1.807) is 11.3 Å². The second-order valence-corrected chi connectivity index (χ2v) is 4.81. The molecule has 1 amide bonds. The summed E-state index contributed by atoms with van der Waals surface area (Å²) in [7, 11) is 0. The number of amides is 1. The van der Waals surface area contributed by atoms with Crippen LogP contribution in [0.25, 0.3) is 0 Å². The van der Waals surface area contributed by atoms with Crippen molar-refractivity contribution in [2.45, 2.75) is 26.8 Å². The molecule has 0 saturated carbocycles. The maximum atomic E-state index is 11.5. The number of carbonyl (C=O) groups is 1. The van der Waals surface area contributed by atoms with Gasteiger partial charge in [0.25, 0.3) is 0 Å². The number of carbonyl (C=O) groups excluding carboxylic acids is 1. The summed E-state index contributed by atoms with van der Waals surface area (Å²) in [6.07, 6.45) is 0.943. The summed E-state index contributed by atoms with van der Waals surface area (Å²) < 4.78 is 0. The van der Waals surface area contributed by atoms with Crippen LogP contribution in [0, 0.1) is 0 Å². The fraction of sp³-hybridized carbons (Fsp3) is 0.538. The molecule has 1 aromatic rings. The molecule has 0 spiro atoms. The first-order chi connectivity index (χ1) is 9.26.